The molecule has 0 aromatic carbocycles. The number of nitrogens with zero attached hydrogens (tertiary/aromatic N) is 1. The first-order valence-electron chi connectivity index (χ1n) is 6.62. The van der Waals surface area contributed by atoms with Gasteiger partial charge in [-0.2, -0.15) is 0 Å². The van der Waals surface area contributed by atoms with Gasteiger partial charge in [0.05, 0.1) is 6.61 Å². The first-order valence-corrected chi connectivity index (χ1v) is 7.03. The highest BCUT2D eigenvalue weighted by Gasteiger charge is 2.16. The van der Waals surface area contributed by atoms with Crippen LogP contribution in [0.5, 0.6) is 0 Å². The van der Waals surface area contributed by atoms with Crippen LogP contribution in [0.1, 0.15) is 47.0 Å². The van der Waals surface area contributed by atoms with E-state index < -0.39 is 0 Å². The Morgan fingerprint density at radius 3 is 2.47 bits per heavy atom. The smallest absolute Gasteiger partial charge is 0.169 e. The van der Waals surface area contributed by atoms with Crippen molar-refractivity contribution < 1.29 is 4.74 Å². The predicted molar refractivity (Wildman–Crippen MR) is 78.4 cm³/mol. The molecular formula is C13H28N2OS. The fourth-order valence-corrected chi connectivity index (χ4v) is 2.13. The number of thiocarbonyl (C=S) groups is 1. The van der Waals surface area contributed by atoms with Crippen LogP contribution in [0.2, 0.25) is 0 Å². The van der Waals surface area contributed by atoms with Gasteiger partial charge in [-0.3, -0.25) is 0 Å². The molecule has 0 fully saturated rings. The first kappa shape index (κ1) is 16.6. The fraction of sp³-hybridized carbons (Fsp3) is 0.923. The van der Waals surface area contributed by atoms with Crippen molar-refractivity contribution in [2.24, 2.45) is 0 Å². The molecule has 0 aliphatic carbocycles. The normalized spacial score (nSPS) is 14.2. The molecule has 2 unspecified atom stereocenters. The number of ether oxygens (including phenoxy) is 1. The average Bonchev–Trinajstić information content (AvgIpc) is 2.29. The van der Waals surface area contributed by atoms with Gasteiger partial charge in [0.1, 0.15) is 0 Å². The van der Waals surface area contributed by atoms with Gasteiger partial charge < -0.3 is 15.0 Å². The van der Waals surface area contributed by atoms with Crippen LogP contribution >= 0.6 is 12.2 Å². The Hall–Kier alpha value is -0.350. The third kappa shape index (κ3) is 6.84. The molecule has 0 saturated heterocycles. The molecular weight excluding hydrogens is 232 g/mol. The van der Waals surface area contributed by atoms with Crippen molar-refractivity contribution in [2.45, 2.75) is 59.0 Å². The largest absolute Gasteiger partial charge is 0.383 e. The number of hydrogen-bond acceptors (Lipinski definition) is 2. The lowest BCUT2D eigenvalue weighted by Crippen LogP contribution is -2.48. The predicted octanol–water partition coefficient (Wildman–Crippen LogP) is 2.80. The molecule has 0 aliphatic rings. The summed E-state index contributed by atoms with van der Waals surface area (Å²) in [5.74, 6) is 0. The summed E-state index contributed by atoms with van der Waals surface area (Å²) < 4.78 is 5.11. The van der Waals surface area contributed by atoms with Crippen molar-refractivity contribution in [3.63, 3.8) is 0 Å². The quantitative estimate of drug-likeness (QED) is 0.678. The van der Waals surface area contributed by atoms with Crippen molar-refractivity contribution in [3.8, 4) is 0 Å². The average molecular weight is 260 g/mol. The van der Waals surface area contributed by atoms with Crippen molar-refractivity contribution in [1.82, 2.24) is 10.2 Å². The summed E-state index contributed by atoms with van der Waals surface area (Å²) in [5.41, 5.74) is 0. The summed E-state index contributed by atoms with van der Waals surface area (Å²) in [6.07, 6.45) is 3.50. The molecule has 1 N–H and O–H groups in total. The molecule has 0 amide bonds. The maximum Gasteiger partial charge on any atom is 0.169 e. The molecule has 2 atom stereocenters. The van der Waals surface area contributed by atoms with Gasteiger partial charge >= 0.3 is 0 Å². The summed E-state index contributed by atoms with van der Waals surface area (Å²) in [6.45, 7) is 10.4. The lowest BCUT2D eigenvalue weighted by Gasteiger charge is -2.32. The SMILES string of the molecule is CCCCN(C(=S)NC(C)COC)C(C)CC. The van der Waals surface area contributed by atoms with Crippen LogP contribution in [0.3, 0.4) is 0 Å². The van der Waals surface area contributed by atoms with E-state index in [2.05, 4.69) is 37.9 Å². The minimum absolute atomic E-state index is 0.265. The van der Waals surface area contributed by atoms with Gasteiger partial charge in [-0.1, -0.05) is 20.3 Å². The summed E-state index contributed by atoms with van der Waals surface area (Å²) in [7, 11) is 1.71. The Morgan fingerprint density at radius 2 is 2.00 bits per heavy atom. The van der Waals surface area contributed by atoms with Crippen LogP contribution in [0.15, 0.2) is 0 Å². The fourth-order valence-electron chi connectivity index (χ4n) is 1.66. The van der Waals surface area contributed by atoms with Gasteiger partial charge in [0.25, 0.3) is 0 Å². The van der Waals surface area contributed by atoms with Gasteiger partial charge in [-0.15, -0.1) is 0 Å². The van der Waals surface area contributed by atoms with E-state index >= 15 is 0 Å². The zero-order valence-corrected chi connectivity index (χ0v) is 12.8. The van der Waals surface area contributed by atoms with Gasteiger partial charge in [-0.25, -0.2) is 0 Å². The third-order valence-corrected chi connectivity index (χ3v) is 3.28. The van der Waals surface area contributed by atoms with E-state index in [4.69, 9.17) is 17.0 Å². The van der Waals surface area contributed by atoms with Crippen LogP contribution in [-0.4, -0.2) is 42.4 Å². The van der Waals surface area contributed by atoms with E-state index in [1.165, 1.54) is 12.8 Å². The van der Waals surface area contributed by atoms with Crippen LogP contribution < -0.4 is 5.32 Å². The zero-order valence-electron chi connectivity index (χ0n) is 12.0. The minimum atomic E-state index is 0.265. The number of nitrogens with one attached hydrogen (secondary N) is 1. The van der Waals surface area contributed by atoms with E-state index in [-0.39, 0.29) is 6.04 Å². The van der Waals surface area contributed by atoms with Gasteiger partial charge in [0.15, 0.2) is 5.11 Å². The van der Waals surface area contributed by atoms with Crippen molar-refractivity contribution >= 4 is 17.3 Å². The highest BCUT2D eigenvalue weighted by molar-refractivity contribution is 7.80. The summed E-state index contributed by atoms with van der Waals surface area (Å²) >= 11 is 5.48. The maximum absolute atomic E-state index is 5.48. The summed E-state index contributed by atoms with van der Waals surface area (Å²) in [4.78, 5) is 2.30. The summed E-state index contributed by atoms with van der Waals surface area (Å²) in [6, 6.07) is 0.761. The Bertz CT molecular complexity index is 212. The molecule has 102 valence electrons. The molecule has 0 spiro atoms. The lowest BCUT2D eigenvalue weighted by molar-refractivity contribution is 0.177. The molecule has 0 saturated carbocycles. The Balaban J connectivity index is 4.30. The number of rotatable bonds is 8. The Morgan fingerprint density at radius 1 is 1.35 bits per heavy atom. The standard InChI is InChI=1S/C13H28N2OS/c1-6-8-9-15(12(4)7-2)13(17)14-11(3)10-16-5/h11-12H,6-10H2,1-5H3,(H,14,17). The molecule has 4 heteroatoms. The van der Waals surface area contributed by atoms with Crippen molar-refractivity contribution in [2.75, 3.05) is 20.3 Å². The Labute approximate surface area is 112 Å². The van der Waals surface area contributed by atoms with E-state index in [0.29, 0.717) is 12.6 Å². The molecule has 0 heterocycles. The van der Waals surface area contributed by atoms with E-state index in [1.54, 1.807) is 7.11 Å². The lowest BCUT2D eigenvalue weighted by atomic mass is 10.2. The zero-order chi connectivity index (χ0) is 13.3. The van der Waals surface area contributed by atoms with Crippen LogP contribution in [0.25, 0.3) is 0 Å². The molecule has 17 heavy (non-hydrogen) atoms. The third-order valence-electron chi connectivity index (χ3n) is 2.92. The summed E-state index contributed by atoms with van der Waals surface area (Å²) in [5, 5.41) is 4.20. The first-order chi connectivity index (χ1) is 8.06. The molecule has 0 aliphatic heterocycles. The number of hydrogen-bond donors (Lipinski definition) is 1. The maximum atomic E-state index is 5.48. The molecule has 0 aromatic heterocycles. The second kappa shape index (κ2) is 9.66. The van der Waals surface area contributed by atoms with Gasteiger partial charge in [0, 0.05) is 25.7 Å². The second-order valence-electron chi connectivity index (χ2n) is 4.61. The van der Waals surface area contributed by atoms with E-state index in [0.717, 1.165) is 18.1 Å². The van der Waals surface area contributed by atoms with E-state index in [9.17, 15) is 0 Å². The molecule has 0 aromatic rings. The highest BCUT2D eigenvalue weighted by Crippen LogP contribution is 2.07. The molecule has 0 radical (unpaired) electrons. The van der Waals surface area contributed by atoms with Crippen LogP contribution in [-0.2, 0) is 4.74 Å². The topological polar surface area (TPSA) is 24.5 Å². The van der Waals surface area contributed by atoms with Crippen molar-refractivity contribution in [3.05, 3.63) is 0 Å². The molecule has 0 rings (SSSR count). The van der Waals surface area contributed by atoms with Crippen LogP contribution in [0, 0.1) is 0 Å². The second-order valence-corrected chi connectivity index (χ2v) is 5.00. The minimum Gasteiger partial charge on any atom is -0.383 e. The number of methoxy groups -OCH3 is 1. The molecule has 0 bridgehead atoms. The van der Waals surface area contributed by atoms with Gasteiger partial charge in [-0.05, 0) is 38.9 Å². The van der Waals surface area contributed by atoms with Crippen LogP contribution in [0.4, 0.5) is 0 Å². The van der Waals surface area contributed by atoms with Gasteiger partial charge in [0.2, 0.25) is 0 Å². The monoisotopic (exact) mass is 260 g/mol. The van der Waals surface area contributed by atoms with E-state index in [1.807, 2.05) is 0 Å². The Kier molecular flexibility index (Phi) is 9.46. The van der Waals surface area contributed by atoms with Crippen molar-refractivity contribution in [1.29, 1.82) is 0 Å². The number of unbranched alkanes of at least 4 members (excludes halogenated alkanes) is 1. The highest BCUT2D eigenvalue weighted by atomic mass is 32.1. The molecule has 3 nitrogen and oxygen atoms in total.